The second-order valence-corrected chi connectivity index (χ2v) is 11.0. The number of hydrogen-bond acceptors (Lipinski definition) is 3. The van der Waals surface area contributed by atoms with Crippen LogP contribution in [0.25, 0.3) is 0 Å². The molecule has 0 amide bonds. The lowest BCUT2D eigenvalue weighted by Gasteiger charge is -2.38. The van der Waals surface area contributed by atoms with Gasteiger partial charge in [0.1, 0.15) is 0 Å². The van der Waals surface area contributed by atoms with Crippen LogP contribution in [0.2, 0.25) is 0 Å². The minimum atomic E-state index is -1.31. The highest BCUT2D eigenvalue weighted by molar-refractivity contribution is 5.99. The second kappa shape index (κ2) is 16.5. The van der Waals surface area contributed by atoms with Gasteiger partial charge in [0.15, 0.2) is 5.41 Å². The molecule has 0 saturated heterocycles. The van der Waals surface area contributed by atoms with Gasteiger partial charge in [0.2, 0.25) is 0 Å². The molecular weight excluding hydrogens is 400 g/mol. The van der Waals surface area contributed by atoms with E-state index in [1.165, 1.54) is 44.9 Å². The molecule has 1 aliphatic carbocycles. The molecule has 4 heteroatoms. The lowest BCUT2D eigenvalue weighted by Crippen LogP contribution is -2.48. The summed E-state index contributed by atoms with van der Waals surface area (Å²) >= 11 is 0. The van der Waals surface area contributed by atoms with Crippen LogP contribution in [0.5, 0.6) is 0 Å². The van der Waals surface area contributed by atoms with E-state index in [4.69, 9.17) is 4.74 Å². The van der Waals surface area contributed by atoms with Gasteiger partial charge in [-0.3, -0.25) is 9.59 Å². The fourth-order valence-electron chi connectivity index (χ4n) is 5.23. The van der Waals surface area contributed by atoms with Crippen LogP contribution < -0.4 is 0 Å². The fraction of sp³-hybridized carbons (Fsp3) is 0.929. The molecule has 0 radical (unpaired) electrons. The number of ether oxygens (including phenoxy) is 1. The van der Waals surface area contributed by atoms with E-state index in [1.807, 2.05) is 0 Å². The third-order valence-corrected chi connectivity index (χ3v) is 7.31. The van der Waals surface area contributed by atoms with E-state index in [9.17, 15) is 14.7 Å². The summed E-state index contributed by atoms with van der Waals surface area (Å²) in [5, 5.41) is 10.1. The maximum Gasteiger partial charge on any atom is 0.323 e. The molecule has 0 aromatic carbocycles. The van der Waals surface area contributed by atoms with Crippen molar-refractivity contribution in [3.63, 3.8) is 0 Å². The van der Waals surface area contributed by atoms with Gasteiger partial charge in [-0.15, -0.1) is 0 Å². The van der Waals surface area contributed by atoms with Crippen LogP contribution in [-0.4, -0.2) is 23.7 Å². The van der Waals surface area contributed by atoms with E-state index in [-0.39, 0.29) is 5.92 Å². The van der Waals surface area contributed by atoms with E-state index < -0.39 is 17.4 Å². The molecule has 0 spiro atoms. The molecule has 1 fully saturated rings. The van der Waals surface area contributed by atoms with Crippen molar-refractivity contribution in [3.05, 3.63) is 0 Å². The zero-order valence-electron chi connectivity index (χ0n) is 21.6. The van der Waals surface area contributed by atoms with E-state index in [2.05, 4.69) is 27.7 Å². The first-order chi connectivity index (χ1) is 15.3. The van der Waals surface area contributed by atoms with Crippen molar-refractivity contribution < 1.29 is 19.4 Å². The van der Waals surface area contributed by atoms with Crippen LogP contribution in [0.15, 0.2) is 0 Å². The van der Waals surface area contributed by atoms with Crippen molar-refractivity contribution in [1.29, 1.82) is 0 Å². The summed E-state index contributed by atoms with van der Waals surface area (Å²) in [6.07, 6.45) is 17.9. The molecule has 0 aromatic rings. The number of carboxylic acid groups (broad SMARTS) is 1. The van der Waals surface area contributed by atoms with Gasteiger partial charge in [0, 0.05) is 0 Å². The summed E-state index contributed by atoms with van der Waals surface area (Å²) in [6, 6.07) is 0. The summed E-state index contributed by atoms with van der Waals surface area (Å²) in [4.78, 5) is 25.3. The number of carbonyl (C=O) groups excluding carboxylic acids is 1. The standard InChI is InChI=1S/C28H52O4/c1-23(2)17-11-7-5-9-13-19-25-20-14-15-21-28(25,26(29)30)27(31)32-22-16-10-6-8-12-18-24(3)4/h23-25H,5-22H2,1-4H3,(H,29,30). The summed E-state index contributed by atoms with van der Waals surface area (Å²) in [5.41, 5.74) is -1.31. The minimum absolute atomic E-state index is 0.0760. The van der Waals surface area contributed by atoms with Gasteiger partial charge < -0.3 is 9.84 Å². The molecule has 4 nitrogen and oxygen atoms in total. The minimum Gasteiger partial charge on any atom is -0.480 e. The number of unbranched alkanes of at least 4 members (excludes halogenated alkanes) is 8. The molecule has 32 heavy (non-hydrogen) atoms. The smallest absolute Gasteiger partial charge is 0.323 e. The van der Waals surface area contributed by atoms with Crippen molar-refractivity contribution in [1.82, 2.24) is 0 Å². The Morgan fingerprint density at radius 1 is 0.812 bits per heavy atom. The van der Waals surface area contributed by atoms with Crippen LogP contribution in [0.3, 0.4) is 0 Å². The predicted octanol–water partition coefficient (Wildman–Crippen LogP) is 8.17. The fourth-order valence-corrected chi connectivity index (χ4v) is 5.23. The SMILES string of the molecule is CC(C)CCCCCCCOC(=O)C1(C(=O)O)CCCCC1CCCCCCCC(C)C. The Kier molecular flexibility index (Phi) is 15.0. The van der Waals surface area contributed by atoms with Crippen molar-refractivity contribution in [3.8, 4) is 0 Å². The molecule has 2 atom stereocenters. The molecule has 0 bridgehead atoms. The topological polar surface area (TPSA) is 63.6 Å². The lowest BCUT2D eigenvalue weighted by atomic mass is 9.64. The average molecular weight is 453 g/mol. The maximum absolute atomic E-state index is 13.0. The lowest BCUT2D eigenvalue weighted by molar-refractivity contribution is -0.177. The quantitative estimate of drug-likeness (QED) is 0.129. The van der Waals surface area contributed by atoms with Gasteiger partial charge in [0.05, 0.1) is 6.61 Å². The van der Waals surface area contributed by atoms with E-state index in [0.717, 1.165) is 69.6 Å². The van der Waals surface area contributed by atoms with E-state index in [1.54, 1.807) is 0 Å². The normalized spacial score (nSPS) is 21.2. The van der Waals surface area contributed by atoms with Gasteiger partial charge in [-0.25, -0.2) is 0 Å². The zero-order chi connectivity index (χ0) is 23.8. The highest BCUT2D eigenvalue weighted by Crippen LogP contribution is 2.45. The molecular formula is C28H52O4. The third kappa shape index (κ3) is 10.7. The van der Waals surface area contributed by atoms with Gasteiger partial charge in [-0.2, -0.15) is 0 Å². The molecule has 1 aliphatic rings. The second-order valence-electron chi connectivity index (χ2n) is 11.0. The highest BCUT2D eigenvalue weighted by atomic mass is 16.5. The number of rotatable bonds is 18. The number of carbonyl (C=O) groups is 2. The molecule has 0 aliphatic heterocycles. The monoisotopic (exact) mass is 452 g/mol. The first-order valence-corrected chi connectivity index (χ1v) is 13.7. The molecule has 2 unspecified atom stereocenters. The molecule has 1 N–H and O–H groups in total. The summed E-state index contributed by atoms with van der Waals surface area (Å²) in [5.74, 6) is 0.0259. The van der Waals surface area contributed by atoms with Crippen LogP contribution in [0.1, 0.15) is 137 Å². The largest absolute Gasteiger partial charge is 0.480 e. The Balaban J connectivity index is 2.41. The Bertz CT molecular complexity index is 514. The van der Waals surface area contributed by atoms with E-state index >= 15 is 0 Å². The highest BCUT2D eigenvalue weighted by Gasteiger charge is 2.54. The number of carboxylic acids is 1. The summed E-state index contributed by atoms with van der Waals surface area (Å²) in [6.45, 7) is 9.40. The van der Waals surface area contributed by atoms with Gasteiger partial charge in [-0.1, -0.05) is 111 Å². The number of hydrogen-bond donors (Lipinski definition) is 1. The van der Waals surface area contributed by atoms with Crippen molar-refractivity contribution in [2.75, 3.05) is 6.61 Å². The van der Waals surface area contributed by atoms with Crippen molar-refractivity contribution in [2.45, 2.75) is 137 Å². The first-order valence-electron chi connectivity index (χ1n) is 13.7. The van der Waals surface area contributed by atoms with Crippen molar-refractivity contribution in [2.24, 2.45) is 23.2 Å². The first kappa shape index (κ1) is 29.0. The van der Waals surface area contributed by atoms with Crippen molar-refractivity contribution >= 4 is 11.9 Å². The van der Waals surface area contributed by atoms with Gasteiger partial charge >= 0.3 is 11.9 Å². The Labute approximate surface area is 198 Å². The maximum atomic E-state index is 13.0. The number of aliphatic carboxylic acids is 1. The molecule has 1 saturated carbocycles. The Hall–Kier alpha value is -1.06. The zero-order valence-corrected chi connectivity index (χ0v) is 21.6. The van der Waals surface area contributed by atoms with E-state index in [0.29, 0.717) is 13.0 Å². The predicted molar refractivity (Wildman–Crippen MR) is 133 cm³/mol. The Morgan fingerprint density at radius 2 is 1.34 bits per heavy atom. The van der Waals surface area contributed by atoms with Crippen LogP contribution >= 0.6 is 0 Å². The molecule has 188 valence electrons. The van der Waals surface area contributed by atoms with Crippen LogP contribution in [-0.2, 0) is 14.3 Å². The molecule has 0 heterocycles. The van der Waals surface area contributed by atoms with Crippen LogP contribution in [0.4, 0.5) is 0 Å². The average Bonchev–Trinajstić information content (AvgIpc) is 2.74. The van der Waals surface area contributed by atoms with Gasteiger partial charge in [-0.05, 0) is 43.4 Å². The summed E-state index contributed by atoms with van der Waals surface area (Å²) < 4.78 is 5.58. The van der Waals surface area contributed by atoms with Crippen LogP contribution in [0, 0.1) is 23.2 Å². The number of esters is 1. The molecule has 0 aromatic heterocycles. The summed E-state index contributed by atoms with van der Waals surface area (Å²) in [7, 11) is 0. The third-order valence-electron chi connectivity index (χ3n) is 7.31. The Morgan fingerprint density at radius 3 is 1.91 bits per heavy atom. The molecule has 1 rings (SSSR count). The van der Waals surface area contributed by atoms with Gasteiger partial charge in [0.25, 0.3) is 0 Å².